The molecule has 10 aromatic rings. The van der Waals surface area contributed by atoms with E-state index < -0.39 is 0 Å². The zero-order valence-electron chi connectivity index (χ0n) is 26.9. The molecule has 0 bridgehead atoms. The first-order valence-electron chi connectivity index (χ1n) is 16.7. The minimum Gasteiger partial charge on any atom is -0.456 e. The lowest BCUT2D eigenvalue weighted by Gasteiger charge is -2.09. The second-order valence-electron chi connectivity index (χ2n) is 12.5. The van der Waals surface area contributed by atoms with Crippen LogP contribution in [0.1, 0.15) is 0 Å². The molecule has 0 unspecified atom stereocenters. The lowest BCUT2D eigenvalue weighted by Crippen LogP contribution is -2.00. The second-order valence-corrected chi connectivity index (χ2v) is 12.5. The monoisotopic (exact) mass is 640 g/mol. The Balaban J connectivity index is 1.06. The Labute approximate surface area is 287 Å². The van der Waals surface area contributed by atoms with Gasteiger partial charge < -0.3 is 8.98 Å². The van der Waals surface area contributed by atoms with E-state index in [0.717, 1.165) is 55.4 Å². The summed E-state index contributed by atoms with van der Waals surface area (Å²) in [5, 5.41) is 4.58. The van der Waals surface area contributed by atoms with E-state index in [1.807, 2.05) is 72.8 Å². The van der Waals surface area contributed by atoms with Gasteiger partial charge in [0, 0.05) is 43.9 Å². The van der Waals surface area contributed by atoms with E-state index in [2.05, 4.69) is 102 Å². The summed E-state index contributed by atoms with van der Waals surface area (Å²) in [6.07, 6.45) is 0. The van der Waals surface area contributed by atoms with Gasteiger partial charge in [0.05, 0.1) is 11.0 Å². The summed E-state index contributed by atoms with van der Waals surface area (Å²) in [5.74, 6) is 1.89. The molecule has 7 aromatic carbocycles. The van der Waals surface area contributed by atoms with Crippen LogP contribution in [0.2, 0.25) is 0 Å². The highest BCUT2D eigenvalue weighted by Gasteiger charge is 2.16. The summed E-state index contributed by atoms with van der Waals surface area (Å²) in [4.78, 5) is 14.8. The Kier molecular flexibility index (Phi) is 6.42. The van der Waals surface area contributed by atoms with Crippen molar-refractivity contribution in [2.24, 2.45) is 0 Å². The average Bonchev–Trinajstić information content (AvgIpc) is 3.73. The molecule has 0 saturated heterocycles. The molecule has 10 rings (SSSR count). The molecule has 0 aliphatic rings. The van der Waals surface area contributed by atoms with Gasteiger partial charge in [0.2, 0.25) is 0 Å². The van der Waals surface area contributed by atoms with E-state index in [0.29, 0.717) is 17.5 Å². The third-order valence-corrected chi connectivity index (χ3v) is 9.47. The van der Waals surface area contributed by atoms with Gasteiger partial charge in [-0.2, -0.15) is 0 Å². The van der Waals surface area contributed by atoms with E-state index in [1.165, 1.54) is 21.8 Å². The predicted molar refractivity (Wildman–Crippen MR) is 203 cm³/mol. The number of hydrogen-bond acceptors (Lipinski definition) is 4. The van der Waals surface area contributed by atoms with Crippen LogP contribution in [0.15, 0.2) is 174 Å². The van der Waals surface area contributed by atoms with Crippen molar-refractivity contribution in [3.63, 3.8) is 0 Å². The molecule has 0 spiro atoms. The van der Waals surface area contributed by atoms with Crippen LogP contribution in [0.3, 0.4) is 0 Å². The molecule has 5 heteroatoms. The largest absolute Gasteiger partial charge is 0.456 e. The van der Waals surface area contributed by atoms with E-state index in [-0.39, 0.29) is 0 Å². The van der Waals surface area contributed by atoms with Crippen molar-refractivity contribution in [1.82, 2.24) is 19.5 Å². The average molecular weight is 641 g/mol. The third kappa shape index (κ3) is 4.67. The van der Waals surface area contributed by atoms with E-state index in [1.54, 1.807) is 0 Å². The quantitative estimate of drug-likeness (QED) is 0.188. The van der Waals surface area contributed by atoms with Crippen LogP contribution in [0, 0.1) is 0 Å². The standard InChI is InChI=1S/C45H28N4O/c1-3-11-30(12-4-1)43-46-44(31-13-5-2-6-14-31)48-45(47-43)33-22-26-42-38(28-33)37-27-32(21-25-41(37)50-42)29-19-23-34(24-20-29)49-39-17-9-7-15-35(39)36-16-8-10-18-40(36)49/h1-28H. The normalized spacial score (nSPS) is 11.6. The molecule has 0 N–H and O–H groups in total. The van der Waals surface area contributed by atoms with Crippen LogP contribution in [0.5, 0.6) is 0 Å². The second kappa shape index (κ2) is 11.4. The van der Waals surface area contributed by atoms with Gasteiger partial charge in [-0.05, 0) is 65.7 Å². The molecule has 5 nitrogen and oxygen atoms in total. The van der Waals surface area contributed by atoms with Crippen LogP contribution >= 0.6 is 0 Å². The number of aromatic nitrogens is 4. The fraction of sp³-hybridized carbons (Fsp3) is 0. The van der Waals surface area contributed by atoms with Crippen LogP contribution in [0.4, 0.5) is 0 Å². The number of benzene rings is 7. The first-order chi connectivity index (χ1) is 24.8. The van der Waals surface area contributed by atoms with Gasteiger partial charge in [0.15, 0.2) is 17.5 Å². The molecule has 0 atom stereocenters. The first kappa shape index (κ1) is 28.2. The van der Waals surface area contributed by atoms with E-state index in [4.69, 9.17) is 19.4 Å². The summed E-state index contributed by atoms with van der Waals surface area (Å²) < 4.78 is 8.66. The number of rotatable bonds is 5. The number of fused-ring (bicyclic) bond motifs is 6. The molecular formula is C45H28N4O. The molecular weight excluding hydrogens is 613 g/mol. The van der Waals surface area contributed by atoms with Gasteiger partial charge in [-0.15, -0.1) is 0 Å². The molecule has 50 heavy (non-hydrogen) atoms. The number of hydrogen-bond donors (Lipinski definition) is 0. The third-order valence-electron chi connectivity index (χ3n) is 9.47. The number of para-hydroxylation sites is 2. The van der Waals surface area contributed by atoms with Gasteiger partial charge in [-0.25, -0.2) is 15.0 Å². The first-order valence-corrected chi connectivity index (χ1v) is 16.7. The summed E-state index contributed by atoms with van der Waals surface area (Å²) in [5.41, 5.74) is 10.2. The number of nitrogens with zero attached hydrogens (tertiary/aromatic N) is 4. The van der Waals surface area contributed by atoms with Crippen molar-refractivity contribution in [2.75, 3.05) is 0 Å². The van der Waals surface area contributed by atoms with Crippen molar-refractivity contribution in [1.29, 1.82) is 0 Å². The zero-order chi connectivity index (χ0) is 33.0. The van der Waals surface area contributed by atoms with Crippen molar-refractivity contribution >= 4 is 43.7 Å². The topological polar surface area (TPSA) is 56.7 Å². The maximum absolute atomic E-state index is 6.31. The Morgan fingerprint density at radius 2 is 0.780 bits per heavy atom. The SMILES string of the molecule is c1ccc(-c2nc(-c3ccccc3)nc(-c3ccc4oc5ccc(-c6ccc(-n7c8ccccc8c8ccccc87)cc6)cc5c4c3)n2)cc1. The molecule has 0 saturated carbocycles. The van der Waals surface area contributed by atoms with E-state index in [9.17, 15) is 0 Å². The highest BCUT2D eigenvalue weighted by Crippen LogP contribution is 2.36. The molecule has 0 radical (unpaired) electrons. The number of furan rings is 1. The molecule has 3 heterocycles. The minimum absolute atomic E-state index is 0.616. The molecule has 0 aliphatic carbocycles. The van der Waals surface area contributed by atoms with Gasteiger partial charge in [-0.3, -0.25) is 0 Å². The molecule has 0 amide bonds. The van der Waals surface area contributed by atoms with Crippen LogP contribution in [-0.4, -0.2) is 19.5 Å². The molecule has 0 fully saturated rings. The van der Waals surface area contributed by atoms with Crippen LogP contribution in [0.25, 0.3) is 94.7 Å². The van der Waals surface area contributed by atoms with Crippen molar-refractivity contribution < 1.29 is 4.42 Å². The Bertz CT molecular complexity index is 2740. The summed E-state index contributed by atoms with van der Waals surface area (Å²) in [6, 6.07) is 58.7. The molecule has 234 valence electrons. The Morgan fingerprint density at radius 1 is 0.340 bits per heavy atom. The summed E-state index contributed by atoms with van der Waals surface area (Å²) in [6.45, 7) is 0. The van der Waals surface area contributed by atoms with E-state index >= 15 is 0 Å². The lowest BCUT2D eigenvalue weighted by molar-refractivity contribution is 0.669. The summed E-state index contributed by atoms with van der Waals surface area (Å²) in [7, 11) is 0. The fourth-order valence-corrected chi connectivity index (χ4v) is 7.04. The van der Waals surface area contributed by atoms with Gasteiger partial charge in [0.1, 0.15) is 11.2 Å². The Morgan fingerprint density at radius 3 is 1.34 bits per heavy atom. The van der Waals surface area contributed by atoms with Crippen LogP contribution < -0.4 is 0 Å². The van der Waals surface area contributed by atoms with Crippen molar-refractivity contribution in [2.45, 2.75) is 0 Å². The predicted octanol–water partition coefficient (Wildman–Crippen LogP) is 11.5. The minimum atomic E-state index is 0.616. The fourth-order valence-electron chi connectivity index (χ4n) is 7.04. The van der Waals surface area contributed by atoms with Gasteiger partial charge >= 0.3 is 0 Å². The summed E-state index contributed by atoms with van der Waals surface area (Å²) >= 11 is 0. The molecule has 3 aromatic heterocycles. The Hall–Kier alpha value is -6.85. The van der Waals surface area contributed by atoms with Crippen LogP contribution in [-0.2, 0) is 0 Å². The highest BCUT2D eigenvalue weighted by atomic mass is 16.3. The zero-order valence-corrected chi connectivity index (χ0v) is 26.9. The highest BCUT2D eigenvalue weighted by molar-refractivity contribution is 6.09. The van der Waals surface area contributed by atoms with Gasteiger partial charge in [0.25, 0.3) is 0 Å². The maximum Gasteiger partial charge on any atom is 0.164 e. The van der Waals surface area contributed by atoms with Crippen molar-refractivity contribution in [3.8, 4) is 51.0 Å². The van der Waals surface area contributed by atoms with Crippen molar-refractivity contribution in [3.05, 3.63) is 170 Å². The molecule has 0 aliphatic heterocycles. The smallest absolute Gasteiger partial charge is 0.164 e. The van der Waals surface area contributed by atoms with Gasteiger partial charge in [-0.1, -0.05) is 115 Å². The lowest BCUT2D eigenvalue weighted by atomic mass is 10.0. The maximum atomic E-state index is 6.31.